The van der Waals surface area contributed by atoms with Gasteiger partial charge in [-0.3, -0.25) is 14.5 Å². The number of thiophene rings is 1. The predicted octanol–water partition coefficient (Wildman–Crippen LogP) is 5.31. The van der Waals surface area contributed by atoms with E-state index in [1.54, 1.807) is 29.2 Å². The van der Waals surface area contributed by atoms with Crippen molar-refractivity contribution in [1.29, 1.82) is 0 Å². The Morgan fingerprint density at radius 2 is 1.89 bits per heavy atom. The number of carbonyl (C=O) groups is 2. The maximum atomic E-state index is 13.4. The summed E-state index contributed by atoms with van der Waals surface area (Å²) in [6.07, 6.45) is -4.81. The minimum absolute atomic E-state index is 0.00377. The topological polar surface area (TPSA) is 61.9 Å². The molecule has 1 atom stereocenters. The molecule has 1 N–H and O–H groups in total. The summed E-state index contributed by atoms with van der Waals surface area (Å²) in [5.41, 5.74) is -0.372. The number of anilines is 2. The Kier molecular flexibility index (Phi) is 7.08. The summed E-state index contributed by atoms with van der Waals surface area (Å²) in [6, 6.07) is 13.8. The number of benzene rings is 2. The van der Waals surface area contributed by atoms with Gasteiger partial charge in [0.2, 0.25) is 5.91 Å². The SMILES string of the molecule is COc1ccc(NC(=O)C[C@H]2C(=O)N(c3cccc(C(F)(F)F)c3)C(=S)N2Cc2cccs2)cc1. The van der Waals surface area contributed by atoms with Gasteiger partial charge in [0.25, 0.3) is 5.91 Å². The second kappa shape index (κ2) is 10.0. The first kappa shape index (κ1) is 24.7. The summed E-state index contributed by atoms with van der Waals surface area (Å²) >= 11 is 6.98. The van der Waals surface area contributed by atoms with E-state index >= 15 is 0 Å². The number of halogens is 3. The minimum atomic E-state index is -4.57. The summed E-state index contributed by atoms with van der Waals surface area (Å²) < 4.78 is 44.9. The standard InChI is InChI=1S/C24H20F3N3O3S2/c1-33-18-9-7-16(8-10-18)28-21(31)13-20-22(32)30(17-5-2-4-15(12-17)24(25,26)27)23(34)29(20)14-19-6-3-11-35-19/h2-12,20H,13-14H2,1H3,(H,28,31)/t20-/m0/s1. The van der Waals surface area contributed by atoms with Crippen LogP contribution in [0.4, 0.5) is 24.5 Å². The van der Waals surface area contributed by atoms with Gasteiger partial charge in [0, 0.05) is 10.6 Å². The van der Waals surface area contributed by atoms with Crippen molar-refractivity contribution in [3.05, 3.63) is 76.5 Å². The average molecular weight is 520 g/mol. The molecule has 0 saturated carbocycles. The van der Waals surface area contributed by atoms with Gasteiger partial charge in [-0.15, -0.1) is 11.3 Å². The number of hydrogen-bond acceptors (Lipinski definition) is 5. The van der Waals surface area contributed by atoms with Gasteiger partial charge in [-0.05, 0) is 66.1 Å². The van der Waals surface area contributed by atoms with Crippen LogP contribution in [-0.4, -0.2) is 35.0 Å². The number of thiocarbonyl (C=S) groups is 1. The number of hydrogen-bond donors (Lipinski definition) is 1. The van der Waals surface area contributed by atoms with Gasteiger partial charge in [-0.1, -0.05) is 12.1 Å². The van der Waals surface area contributed by atoms with Crippen LogP contribution < -0.4 is 15.0 Å². The normalized spacial score (nSPS) is 16.1. The van der Waals surface area contributed by atoms with E-state index in [4.69, 9.17) is 17.0 Å². The quantitative estimate of drug-likeness (QED) is 0.429. The van der Waals surface area contributed by atoms with Crippen molar-refractivity contribution in [2.45, 2.75) is 25.2 Å². The second-order valence-corrected chi connectivity index (χ2v) is 9.11. The van der Waals surface area contributed by atoms with E-state index in [0.29, 0.717) is 11.4 Å². The molecule has 2 aromatic carbocycles. The maximum Gasteiger partial charge on any atom is 0.416 e. The molecule has 1 aliphatic rings. The molecule has 0 spiro atoms. The van der Waals surface area contributed by atoms with Crippen molar-refractivity contribution in [2.24, 2.45) is 0 Å². The van der Waals surface area contributed by atoms with E-state index in [1.165, 1.54) is 30.6 Å². The number of nitrogens with zero attached hydrogens (tertiary/aromatic N) is 2. The number of rotatable bonds is 7. The Morgan fingerprint density at radius 3 is 2.51 bits per heavy atom. The third-order valence-corrected chi connectivity index (χ3v) is 6.69. The van der Waals surface area contributed by atoms with Gasteiger partial charge in [0.05, 0.1) is 31.3 Å². The van der Waals surface area contributed by atoms with E-state index in [2.05, 4.69) is 5.32 Å². The molecule has 2 heterocycles. The molecule has 2 amide bonds. The van der Waals surface area contributed by atoms with E-state index in [9.17, 15) is 22.8 Å². The number of methoxy groups -OCH3 is 1. The summed E-state index contributed by atoms with van der Waals surface area (Å²) in [5.74, 6) is -0.368. The first-order valence-electron chi connectivity index (χ1n) is 10.5. The maximum absolute atomic E-state index is 13.4. The minimum Gasteiger partial charge on any atom is -0.497 e. The van der Waals surface area contributed by atoms with E-state index in [1.807, 2.05) is 17.5 Å². The predicted molar refractivity (Wildman–Crippen MR) is 131 cm³/mol. The van der Waals surface area contributed by atoms with Crippen molar-refractivity contribution >= 4 is 51.9 Å². The number of ether oxygens (including phenoxy) is 1. The molecule has 0 unspecified atom stereocenters. The summed E-state index contributed by atoms with van der Waals surface area (Å²) in [7, 11) is 1.53. The van der Waals surface area contributed by atoms with Crippen LogP contribution in [0.25, 0.3) is 0 Å². The third-order valence-electron chi connectivity index (χ3n) is 5.41. The lowest BCUT2D eigenvalue weighted by Crippen LogP contribution is -2.37. The molecule has 1 aliphatic heterocycles. The molecule has 0 aliphatic carbocycles. The first-order chi connectivity index (χ1) is 16.7. The van der Waals surface area contributed by atoms with Crippen molar-refractivity contribution in [3.63, 3.8) is 0 Å². The Labute approximate surface area is 208 Å². The van der Waals surface area contributed by atoms with Gasteiger partial charge in [-0.25, -0.2) is 0 Å². The van der Waals surface area contributed by atoms with Crippen molar-refractivity contribution < 1.29 is 27.5 Å². The number of amides is 2. The second-order valence-electron chi connectivity index (χ2n) is 7.71. The molecule has 0 radical (unpaired) electrons. The molecule has 1 aromatic heterocycles. The van der Waals surface area contributed by atoms with Crippen molar-refractivity contribution in [1.82, 2.24) is 4.90 Å². The fraction of sp³-hybridized carbons (Fsp3) is 0.208. The number of alkyl halides is 3. The molecule has 35 heavy (non-hydrogen) atoms. The zero-order valence-electron chi connectivity index (χ0n) is 18.4. The highest BCUT2D eigenvalue weighted by Crippen LogP contribution is 2.35. The van der Waals surface area contributed by atoms with Gasteiger partial charge < -0.3 is 15.0 Å². The molecule has 6 nitrogen and oxygen atoms in total. The Balaban J connectivity index is 1.60. The summed E-state index contributed by atoms with van der Waals surface area (Å²) in [5, 5.41) is 4.65. The van der Waals surface area contributed by atoms with Crippen LogP contribution in [0.2, 0.25) is 0 Å². The van der Waals surface area contributed by atoms with Crippen LogP contribution in [0.1, 0.15) is 16.9 Å². The summed E-state index contributed by atoms with van der Waals surface area (Å²) in [6.45, 7) is 0.248. The Bertz CT molecular complexity index is 1230. The van der Waals surface area contributed by atoms with Crippen LogP contribution in [-0.2, 0) is 22.3 Å². The fourth-order valence-electron chi connectivity index (χ4n) is 3.71. The molecule has 1 saturated heterocycles. The molecular formula is C24H20F3N3O3S2. The lowest BCUT2D eigenvalue weighted by Gasteiger charge is -2.23. The number of nitrogens with one attached hydrogen (secondary N) is 1. The number of carbonyl (C=O) groups excluding carboxylic acids is 2. The van der Waals surface area contributed by atoms with Gasteiger partial charge in [0.1, 0.15) is 11.8 Å². The zero-order valence-corrected chi connectivity index (χ0v) is 20.0. The van der Waals surface area contributed by atoms with Crippen LogP contribution in [0.5, 0.6) is 5.75 Å². The molecule has 4 rings (SSSR count). The molecule has 11 heteroatoms. The van der Waals surface area contributed by atoms with Crippen LogP contribution in [0, 0.1) is 0 Å². The third kappa shape index (κ3) is 5.46. The van der Waals surface area contributed by atoms with Crippen LogP contribution in [0.15, 0.2) is 66.0 Å². The highest BCUT2D eigenvalue weighted by molar-refractivity contribution is 7.80. The molecule has 3 aromatic rings. The Morgan fingerprint density at radius 1 is 1.14 bits per heavy atom. The highest BCUT2D eigenvalue weighted by Gasteiger charge is 2.44. The van der Waals surface area contributed by atoms with Crippen LogP contribution in [0.3, 0.4) is 0 Å². The average Bonchev–Trinajstić information content (AvgIpc) is 3.42. The highest BCUT2D eigenvalue weighted by atomic mass is 32.1. The molecule has 0 bridgehead atoms. The van der Waals surface area contributed by atoms with Gasteiger partial charge in [-0.2, -0.15) is 13.2 Å². The van der Waals surface area contributed by atoms with E-state index in [0.717, 1.165) is 21.9 Å². The smallest absolute Gasteiger partial charge is 0.416 e. The largest absolute Gasteiger partial charge is 0.497 e. The van der Waals surface area contributed by atoms with Gasteiger partial charge >= 0.3 is 6.18 Å². The van der Waals surface area contributed by atoms with Crippen LogP contribution >= 0.6 is 23.6 Å². The fourth-order valence-corrected chi connectivity index (χ4v) is 4.79. The van der Waals surface area contributed by atoms with Crippen molar-refractivity contribution in [2.75, 3.05) is 17.3 Å². The van der Waals surface area contributed by atoms with E-state index in [-0.39, 0.29) is 23.8 Å². The molecule has 182 valence electrons. The lowest BCUT2D eigenvalue weighted by atomic mass is 10.1. The molecular weight excluding hydrogens is 499 g/mol. The first-order valence-corrected chi connectivity index (χ1v) is 11.7. The Hall–Kier alpha value is -3.44. The van der Waals surface area contributed by atoms with E-state index < -0.39 is 29.6 Å². The zero-order chi connectivity index (χ0) is 25.2. The van der Waals surface area contributed by atoms with Crippen molar-refractivity contribution in [3.8, 4) is 5.75 Å². The molecule has 1 fully saturated rings. The monoisotopic (exact) mass is 519 g/mol. The lowest BCUT2D eigenvalue weighted by molar-refractivity contribution is -0.137. The van der Waals surface area contributed by atoms with Gasteiger partial charge in [0.15, 0.2) is 5.11 Å². The summed E-state index contributed by atoms with van der Waals surface area (Å²) in [4.78, 5) is 29.8.